The summed E-state index contributed by atoms with van der Waals surface area (Å²) in [4.78, 5) is 26.0. The van der Waals surface area contributed by atoms with E-state index in [4.69, 9.17) is 4.74 Å². The lowest BCUT2D eigenvalue weighted by atomic mass is 10.1. The molecule has 0 aliphatic heterocycles. The van der Waals surface area contributed by atoms with E-state index < -0.39 is 0 Å². The second-order valence-corrected chi connectivity index (χ2v) is 9.37. The van der Waals surface area contributed by atoms with Gasteiger partial charge in [0, 0.05) is 21.8 Å². The fourth-order valence-electron chi connectivity index (χ4n) is 3.75. The summed E-state index contributed by atoms with van der Waals surface area (Å²) < 4.78 is 5.78. The van der Waals surface area contributed by atoms with E-state index in [9.17, 15) is 9.59 Å². The van der Waals surface area contributed by atoms with Gasteiger partial charge in [-0.2, -0.15) is 0 Å². The number of para-hydroxylation sites is 1. The monoisotopic (exact) mass is 504 g/mol. The lowest BCUT2D eigenvalue weighted by Crippen LogP contribution is -2.14. The highest BCUT2D eigenvalue weighted by Crippen LogP contribution is 2.24. The lowest BCUT2D eigenvalue weighted by Gasteiger charge is -2.09. The van der Waals surface area contributed by atoms with Gasteiger partial charge in [0.2, 0.25) is 5.91 Å². The first-order chi connectivity index (χ1) is 18.1. The average molecular weight is 505 g/mol. The molecule has 0 heterocycles. The number of ether oxygens (including phenoxy) is 1. The summed E-state index contributed by atoms with van der Waals surface area (Å²) in [6.45, 7) is 0. The van der Waals surface area contributed by atoms with Crippen molar-refractivity contribution in [3.05, 3.63) is 127 Å². The zero-order valence-electron chi connectivity index (χ0n) is 19.9. The van der Waals surface area contributed by atoms with Gasteiger partial charge in [-0.05, 0) is 83.6 Å². The highest BCUT2D eigenvalue weighted by molar-refractivity contribution is 8.00. The number of amides is 2. The average Bonchev–Trinajstić information content (AvgIpc) is 2.94. The van der Waals surface area contributed by atoms with Crippen LogP contribution in [0.3, 0.4) is 0 Å². The third-order valence-electron chi connectivity index (χ3n) is 5.61. The second-order valence-electron chi connectivity index (χ2n) is 8.32. The van der Waals surface area contributed by atoms with Crippen molar-refractivity contribution in [2.45, 2.75) is 4.90 Å². The molecular formula is C31H24N2O3S. The summed E-state index contributed by atoms with van der Waals surface area (Å²) in [6.07, 6.45) is 0. The Kier molecular flexibility index (Phi) is 7.48. The van der Waals surface area contributed by atoms with E-state index in [1.54, 1.807) is 0 Å². The van der Waals surface area contributed by atoms with E-state index >= 15 is 0 Å². The van der Waals surface area contributed by atoms with Crippen LogP contribution in [-0.4, -0.2) is 17.6 Å². The van der Waals surface area contributed by atoms with Crippen molar-refractivity contribution >= 4 is 45.7 Å². The Bertz CT molecular complexity index is 1520. The van der Waals surface area contributed by atoms with Crippen molar-refractivity contribution in [3.63, 3.8) is 0 Å². The van der Waals surface area contributed by atoms with Crippen LogP contribution >= 0.6 is 11.8 Å². The molecule has 5 nitrogen and oxygen atoms in total. The minimum atomic E-state index is -0.161. The molecule has 0 aliphatic carbocycles. The van der Waals surface area contributed by atoms with Crippen LogP contribution < -0.4 is 15.4 Å². The minimum Gasteiger partial charge on any atom is -0.457 e. The van der Waals surface area contributed by atoms with Crippen LogP contribution in [0.1, 0.15) is 10.4 Å². The van der Waals surface area contributed by atoms with Crippen LogP contribution in [-0.2, 0) is 4.79 Å². The number of rotatable bonds is 8. The van der Waals surface area contributed by atoms with E-state index in [-0.39, 0.29) is 17.6 Å². The Morgan fingerprint density at radius 3 is 2.00 bits per heavy atom. The Hall–Kier alpha value is -4.55. The first-order valence-corrected chi connectivity index (χ1v) is 12.8. The molecule has 5 aromatic carbocycles. The number of fused-ring (bicyclic) bond motifs is 1. The summed E-state index contributed by atoms with van der Waals surface area (Å²) >= 11 is 1.43. The maximum atomic E-state index is 12.7. The number of anilines is 2. The molecule has 5 rings (SSSR count). The molecule has 37 heavy (non-hydrogen) atoms. The maximum Gasteiger partial charge on any atom is 0.255 e. The quantitative estimate of drug-likeness (QED) is 0.213. The third kappa shape index (κ3) is 6.57. The van der Waals surface area contributed by atoms with Gasteiger partial charge in [-0.1, -0.05) is 48.5 Å². The van der Waals surface area contributed by atoms with Crippen molar-refractivity contribution in [2.75, 3.05) is 16.4 Å². The largest absolute Gasteiger partial charge is 0.457 e. The second kappa shape index (κ2) is 11.5. The van der Waals surface area contributed by atoms with E-state index in [0.29, 0.717) is 22.7 Å². The molecule has 0 atom stereocenters. The first-order valence-electron chi connectivity index (χ1n) is 11.8. The van der Waals surface area contributed by atoms with Crippen LogP contribution in [0.2, 0.25) is 0 Å². The molecule has 5 aromatic rings. The van der Waals surface area contributed by atoms with Gasteiger partial charge in [0.1, 0.15) is 11.5 Å². The topological polar surface area (TPSA) is 67.4 Å². The van der Waals surface area contributed by atoms with Crippen LogP contribution in [0.25, 0.3) is 10.8 Å². The van der Waals surface area contributed by atoms with Gasteiger partial charge in [-0.3, -0.25) is 9.59 Å². The number of carbonyl (C=O) groups excluding carboxylic acids is 2. The summed E-state index contributed by atoms with van der Waals surface area (Å²) in [7, 11) is 0. The van der Waals surface area contributed by atoms with Gasteiger partial charge in [0.15, 0.2) is 0 Å². The van der Waals surface area contributed by atoms with Crippen molar-refractivity contribution in [3.8, 4) is 11.5 Å². The molecule has 0 saturated carbocycles. The molecule has 182 valence electrons. The maximum absolute atomic E-state index is 12.7. The van der Waals surface area contributed by atoms with E-state index in [1.165, 1.54) is 11.8 Å². The van der Waals surface area contributed by atoms with Crippen molar-refractivity contribution in [1.82, 2.24) is 0 Å². The normalized spacial score (nSPS) is 10.6. The van der Waals surface area contributed by atoms with Gasteiger partial charge in [0.25, 0.3) is 5.91 Å². The molecule has 0 aliphatic rings. The fourth-order valence-corrected chi connectivity index (χ4v) is 4.44. The molecule has 0 bridgehead atoms. The zero-order valence-corrected chi connectivity index (χ0v) is 20.7. The molecule has 0 unspecified atom stereocenters. The lowest BCUT2D eigenvalue weighted by molar-refractivity contribution is -0.113. The van der Waals surface area contributed by atoms with Gasteiger partial charge in [-0.25, -0.2) is 0 Å². The Morgan fingerprint density at radius 2 is 1.24 bits per heavy atom. The molecule has 2 amide bonds. The van der Waals surface area contributed by atoms with Gasteiger partial charge >= 0.3 is 0 Å². The standard InChI is InChI=1S/C31H24N2O3S/c34-30(32-25-12-16-28(17-13-25)36-27-8-2-1-3-9-27)21-37-29-18-14-26(15-19-29)33-31(35)24-11-10-22-6-4-5-7-23(22)20-24/h1-20H,21H2,(H,32,34)(H,33,35). The number of hydrogen-bond acceptors (Lipinski definition) is 4. The Labute approximate surface area is 219 Å². The molecule has 2 N–H and O–H groups in total. The number of carbonyl (C=O) groups is 2. The zero-order chi connectivity index (χ0) is 25.5. The van der Waals surface area contributed by atoms with Crippen LogP contribution in [0.15, 0.2) is 126 Å². The number of nitrogens with one attached hydrogen (secondary N) is 2. The molecule has 0 radical (unpaired) electrons. The summed E-state index contributed by atoms with van der Waals surface area (Å²) in [5.41, 5.74) is 2.01. The summed E-state index contributed by atoms with van der Waals surface area (Å²) in [5, 5.41) is 7.95. The Morgan fingerprint density at radius 1 is 0.622 bits per heavy atom. The summed E-state index contributed by atoms with van der Waals surface area (Å²) in [6, 6.07) is 37.9. The molecule has 6 heteroatoms. The molecular weight excluding hydrogens is 480 g/mol. The van der Waals surface area contributed by atoms with Crippen LogP contribution in [0.5, 0.6) is 11.5 Å². The third-order valence-corrected chi connectivity index (χ3v) is 6.62. The predicted molar refractivity (Wildman–Crippen MR) is 151 cm³/mol. The smallest absolute Gasteiger partial charge is 0.255 e. The predicted octanol–water partition coefficient (Wildman–Crippen LogP) is 7.62. The number of thioether (sulfide) groups is 1. The van der Waals surface area contributed by atoms with E-state index in [0.717, 1.165) is 21.4 Å². The van der Waals surface area contributed by atoms with E-state index in [1.807, 2.05) is 121 Å². The highest BCUT2D eigenvalue weighted by atomic mass is 32.2. The van der Waals surface area contributed by atoms with Crippen LogP contribution in [0, 0.1) is 0 Å². The fraction of sp³-hybridized carbons (Fsp3) is 0.0323. The minimum absolute atomic E-state index is 0.101. The van der Waals surface area contributed by atoms with E-state index in [2.05, 4.69) is 10.6 Å². The SMILES string of the molecule is O=C(CSc1ccc(NC(=O)c2ccc3ccccc3c2)cc1)Nc1ccc(Oc2ccccc2)cc1. The first kappa shape index (κ1) is 24.2. The van der Waals surface area contributed by atoms with Gasteiger partial charge in [-0.15, -0.1) is 11.8 Å². The molecule has 0 spiro atoms. The van der Waals surface area contributed by atoms with Gasteiger partial charge < -0.3 is 15.4 Å². The van der Waals surface area contributed by atoms with Gasteiger partial charge in [0.05, 0.1) is 5.75 Å². The Balaban J connectivity index is 1.10. The highest BCUT2D eigenvalue weighted by Gasteiger charge is 2.08. The van der Waals surface area contributed by atoms with Crippen molar-refractivity contribution < 1.29 is 14.3 Å². The molecule has 0 fully saturated rings. The number of hydrogen-bond donors (Lipinski definition) is 2. The number of benzene rings is 5. The van der Waals surface area contributed by atoms with Crippen molar-refractivity contribution in [2.24, 2.45) is 0 Å². The van der Waals surface area contributed by atoms with Crippen LogP contribution in [0.4, 0.5) is 11.4 Å². The van der Waals surface area contributed by atoms with Crippen molar-refractivity contribution in [1.29, 1.82) is 0 Å². The molecule has 0 aromatic heterocycles. The summed E-state index contributed by atoms with van der Waals surface area (Å²) in [5.74, 6) is 1.47. The molecule has 0 saturated heterocycles.